The van der Waals surface area contributed by atoms with Crippen LogP contribution in [0.2, 0.25) is 0 Å². The van der Waals surface area contributed by atoms with Crippen LogP contribution in [0.25, 0.3) is 0 Å². The minimum atomic E-state index is -4.49. The van der Waals surface area contributed by atoms with Gasteiger partial charge < -0.3 is 0 Å². The molecule has 0 fully saturated rings. The van der Waals surface area contributed by atoms with Crippen molar-refractivity contribution in [1.82, 2.24) is 5.32 Å². The number of nitrogens with one attached hydrogen (secondary N) is 1. The SMILES string of the molecule is Cc1ccc(S(=O)(=O)C(CC(=O)NC(=O)c2ccccc2)S(=O)(=O)c2ccc(C)cc2)cc1. The first-order valence-electron chi connectivity index (χ1n) is 10.0. The predicted molar refractivity (Wildman–Crippen MR) is 124 cm³/mol. The largest absolute Gasteiger partial charge is 0.292 e. The zero-order chi connectivity index (χ0) is 24.2. The standard InChI is InChI=1S/C24H23NO6S2/c1-17-8-12-20(13-9-17)32(28,29)23(33(30,31)21-14-10-18(2)11-15-21)16-22(26)25-24(27)19-6-4-3-5-7-19/h3-15,23H,16H2,1-2H3,(H,25,26,27). The Kier molecular flexibility index (Phi) is 7.14. The van der Waals surface area contributed by atoms with Gasteiger partial charge in [-0.3, -0.25) is 14.9 Å². The number of imide groups is 1. The van der Waals surface area contributed by atoms with Crippen molar-refractivity contribution in [2.24, 2.45) is 0 Å². The zero-order valence-electron chi connectivity index (χ0n) is 18.1. The fourth-order valence-electron chi connectivity index (χ4n) is 3.14. The van der Waals surface area contributed by atoms with Crippen molar-refractivity contribution < 1.29 is 26.4 Å². The summed E-state index contributed by atoms with van der Waals surface area (Å²) in [5.74, 6) is -1.76. The van der Waals surface area contributed by atoms with Gasteiger partial charge in [0.2, 0.25) is 5.91 Å². The summed E-state index contributed by atoms with van der Waals surface area (Å²) in [5, 5.41) is 2.09. The smallest absolute Gasteiger partial charge is 0.257 e. The summed E-state index contributed by atoms with van der Waals surface area (Å²) in [5.41, 5.74) is 1.77. The Bertz CT molecular complexity index is 1290. The van der Waals surface area contributed by atoms with E-state index in [2.05, 4.69) is 5.32 Å². The molecule has 3 rings (SSSR count). The van der Waals surface area contributed by atoms with Crippen molar-refractivity contribution in [3.63, 3.8) is 0 Å². The van der Waals surface area contributed by atoms with Crippen LogP contribution in [-0.4, -0.2) is 33.2 Å². The minimum Gasteiger partial charge on any atom is -0.292 e. The van der Waals surface area contributed by atoms with Gasteiger partial charge in [-0.15, -0.1) is 0 Å². The van der Waals surface area contributed by atoms with E-state index >= 15 is 0 Å². The second-order valence-corrected chi connectivity index (χ2v) is 12.2. The Balaban J connectivity index is 1.99. The lowest BCUT2D eigenvalue weighted by Crippen LogP contribution is -2.39. The molecule has 0 aliphatic carbocycles. The molecule has 0 unspecified atom stereocenters. The molecule has 33 heavy (non-hydrogen) atoms. The molecule has 0 heterocycles. The molecule has 2 amide bonds. The number of sulfone groups is 2. The molecule has 172 valence electrons. The number of hydrogen-bond donors (Lipinski definition) is 1. The third-order valence-electron chi connectivity index (χ3n) is 5.03. The fraction of sp³-hybridized carbons (Fsp3) is 0.167. The molecule has 0 spiro atoms. The molecule has 0 aromatic heterocycles. The monoisotopic (exact) mass is 485 g/mol. The van der Waals surface area contributed by atoms with Crippen LogP contribution in [0.15, 0.2) is 88.7 Å². The van der Waals surface area contributed by atoms with Crippen molar-refractivity contribution in [3.05, 3.63) is 95.6 Å². The highest BCUT2D eigenvalue weighted by atomic mass is 32.3. The van der Waals surface area contributed by atoms with Crippen molar-refractivity contribution in [1.29, 1.82) is 0 Å². The minimum absolute atomic E-state index is 0.185. The van der Waals surface area contributed by atoms with Crippen LogP contribution in [0, 0.1) is 13.8 Å². The topological polar surface area (TPSA) is 114 Å². The maximum Gasteiger partial charge on any atom is 0.257 e. The van der Waals surface area contributed by atoms with E-state index in [4.69, 9.17) is 0 Å². The third kappa shape index (κ3) is 5.55. The van der Waals surface area contributed by atoms with Gasteiger partial charge in [0.15, 0.2) is 24.3 Å². The van der Waals surface area contributed by atoms with Gasteiger partial charge >= 0.3 is 0 Å². The number of carbonyl (C=O) groups is 2. The summed E-state index contributed by atoms with van der Waals surface area (Å²) < 4.78 is 51.4. The Morgan fingerprint density at radius 2 is 1.12 bits per heavy atom. The summed E-state index contributed by atoms with van der Waals surface area (Å²) in [7, 11) is -8.98. The van der Waals surface area contributed by atoms with Crippen molar-refractivity contribution >= 4 is 31.5 Å². The Hall–Kier alpha value is -3.30. The van der Waals surface area contributed by atoms with Crippen molar-refractivity contribution in [2.45, 2.75) is 34.6 Å². The van der Waals surface area contributed by atoms with E-state index in [1.807, 2.05) is 0 Å². The van der Waals surface area contributed by atoms with E-state index in [0.29, 0.717) is 0 Å². The number of hydrogen-bond acceptors (Lipinski definition) is 6. The highest BCUT2D eigenvalue weighted by Gasteiger charge is 2.41. The van der Waals surface area contributed by atoms with Crippen LogP contribution in [0.4, 0.5) is 0 Å². The van der Waals surface area contributed by atoms with Crippen LogP contribution < -0.4 is 5.32 Å². The molecule has 0 bridgehead atoms. The summed E-state index contributed by atoms with van der Waals surface area (Å²) in [6, 6.07) is 19.2. The summed E-state index contributed by atoms with van der Waals surface area (Å²) in [4.78, 5) is 24.5. The van der Waals surface area contributed by atoms with Crippen LogP contribution in [0.5, 0.6) is 0 Å². The summed E-state index contributed by atoms with van der Waals surface area (Å²) >= 11 is 0. The fourth-order valence-corrected chi connectivity index (χ4v) is 7.52. The normalized spacial score (nSPS) is 11.8. The quantitative estimate of drug-likeness (QED) is 0.550. The van der Waals surface area contributed by atoms with Gasteiger partial charge in [0.05, 0.1) is 16.2 Å². The van der Waals surface area contributed by atoms with Crippen molar-refractivity contribution in [3.8, 4) is 0 Å². The van der Waals surface area contributed by atoms with E-state index in [1.54, 1.807) is 56.3 Å². The van der Waals surface area contributed by atoms with Gasteiger partial charge in [-0.2, -0.15) is 0 Å². The highest BCUT2D eigenvalue weighted by molar-refractivity contribution is 8.09. The first kappa shape index (κ1) is 24.3. The molecular weight excluding hydrogens is 462 g/mol. The molecule has 0 aliphatic rings. The van der Waals surface area contributed by atoms with E-state index in [0.717, 1.165) is 11.1 Å². The average molecular weight is 486 g/mol. The number of carbonyl (C=O) groups excluding carboxylic acids is 2. The first-order chi connectivity index (χ1) is 15.5. The molecule has 1 N–H and O–H groups in total. The van der Waals surface area contributed by atoms with E-state index < -0.39 is 42.5 Å². The van der Waals surface area contributed by atoms with Gasteiger partial charge in [-0.1, -0.05) is 53.6 Å². The predicted octanol–water partition coefficient (Wildman–Crippen LogP) is 3.22. The molecule has 0 aliphatic heterocycles. The molecule has 9 heteroatoms. The zero-order valence-corrected chi connectivity index (χ0v) is 19.7. The lowest BCUT2D eigenvalue weighted by molar-refractivity contribution is -0.119. The van der Waals surface area contributed by atoms with Crippen LogP contribution in [-0.2, 0) is 24.5 Å². The molecule has 0 atom stereocenters. The van der Waals surface area contributed by atoms with Gasteiger partial charge in [-0.05, 0) is 50.2 Å². The number of amides is 2. The molecule has 3 aromatic rings. The number of benzene rings is 3. The average Bonchev–Trinajstić information content (AvgIpc) is 2.78. The Morgan fingerprint density at radius 3 is 1.55 bits per heavy atom. The second-order valence-electron chi connectivity index (χ2n) is 7.59. The van der Waals surface area contributed by atoms with Gasteiger partial charge in [0.25, 0.3) is 5.91 Å². The van der Waals surface area contributed by atoms with E-state index in [-0.39, 0.29) is 15.4 Å². The third-order valence-corrected chi connectivity index (χ3v) is 10.1. The molecule has 7 nitrogen and oxygen atoms in total. The van der Waals surface area contributed by atoms with E-state index in [1.165, 1.54) is 36.4 Å². The molecule has 0 saturated carbocycles. The summed E-state index contributed by atoms with van der Waals surface area (Å²) in [6.45, 7) is 3.53. The second kappa shape index (κ2) is 9.68. The van der Waals surface area contributed by atoms with Crippen LogP contribution in [0.3, 0.4) is 0 Å². The van der Waals surface area contributed by atoms with Crippen LogP contribution in [0.1, 0.15) is 27.9 Å². The van der Waals surface area contributed by atoms with Gasteiger partial charge in [-0.25, -0.2) is 16.8 Å². The van der Waals surface area contributed by atoms with Gasteiger partial charge in [0, 0.05) is 5.56 Å². The van der Waals surface area contributed by atoms with Crippen molar-refractivity contribution in [2.75, 3.05) is 0 Å². The maximum absolute atomic E-state index is 13.4. The van der Waals surface area contributed by atoms with Crippen LogP contribution >= 0.6 is 0 Å². The lowest BCUT2D eigenvalue weighted by atomic mass is 10.2. The molecule has 0 radical (unpaired) electrons. The number of rotatable bonds is 7. The maximum atomic E-state index is 13.4. The van der Waals surface area contributed by atoms with E-state index in [9.17, 15) is 26.4 Å². The molecule has 3 aromatic carbocycles. The van der Waals surface area contributed by atoms with Gasteiger partial charge in [0.1, 0.15) is 0 Å². The molecular formula is C24H23NO6S2. The Morgan fingerprint density at radius 1 is 0.697 bits per heavy atom. The molecule has 0 saturated heterocycles. The highest BCUT2D eigenvalue weighted by Crippen LogP contribution is 2.28. The first-order valence-corrected chi connectivity index (χ1v) is 13.1. The Labute approximate surface area is 193 Å². The summed E-state index contributed by atoms with van der Waals surface area (Å²) in [6.07, 6.45) is -0.939. The number of aryl methyl sites for hydroxylation is 2. The lowest BCUT2D eigenvalue weighted by Gasteiger charge is -2.18.